The highest BCUT2D eigenvalue weighted by atomic mass is 32.2. The van der Waals surface area contributed by atoms with Crippen LogP contribution in [0.2, 0.25) is 0 Å². The first kappa shape index (κ1) is 12.8. The van der Waals surface area contributed by atoms with Crippen molar-refractivity contribution in [3.63, 3.8) is 0 Å². The second-order valence-corrected chi connectivity index (χ2v) is 5.86. The minimum Gasteiger partial charge on any atom is -0.493 e. The molecule has 0 saturated carbocycles. The van der Waals surface area contributed by atoms with E-state index in [9.17, 15) is 4.79 Å². The van der Waals surface area contributed by atoms with Gasteiger partial charge in [0.1, 0.15) is 11.1 Å². The smallest absolute Gasteiger partial charge is 0.233 e. The van der Waals surface area contributed by atoms with Gasteiger partial charge in [0.05, 0.1) is 12.4 Å². The fourth-order valence-corrected chi connectivity index (χ4v) is 3.78. The van der Waals surface area contributed by atoms with E-state index < -0.39 is 0 Å². The van der Waals surface area contributed by atoms with Crippen molar-refractivity contribution in [3.05, 3.63) is 29.3 Å². The molecule has 2 heterocycles. The highest BCUT2D eigenvalue weighted by Crippen LogP contribution is 2.40. The lowest BCUT2D eigenvalue weighted by atomic mass is 10.1. The zero-order chi connectivity index (χ0) is 13.2. The third-order valence-electron chi connectivity index (χ3n) is 3.52. The van der Waals surface area contributed by atoms with E-state index >= 15 is 0 Å². The number of ether oxygens (including phenoxy) is 1. The molecule has 0 bridgehead atoms. The predicted molar refractivity (Wildman–Crippen MR) is 74.3 cm³/mol. The average Bonchev–Trinajstić information content (AvgIpc) is 3.02. The second-order valence-electron chi connectivity index (χ2n) is 4.79. The molecule has 1 saturated heterocycles. The van der Waals surface area contributed by atoms with Crippen LogP contribution in [0.1, 0.15) is 22.9 Å². The van der Waals surface area contributed by atoms with Crippen LogP contribution < -0.4 is 4.74 Å². The topological polar surface area (TPSA) is 49.8 Å². The monoisotopic (exact) mass is 279 g/mol. The Balaban J connectivity index is 1.82. The Kier molecular flexibility index (Phi) is 3.66. The number of carbonyl (C=O) groups excluding carboxylic acids is 1. The number of hydrogen-bond donors (Lipinski definition) is 1. The highest BCUT2D eigenvalue weighted by molar-refractivity contribution is 8.00. The first-order chi connectivity index (χ1) is 9.29. The number of hydrogen-bond acceptors (Lipinski definition) is 4. The van der Waals surface area contributed by atoms with E-state index in [1.165, 1.54) is 5.56 Å². The van der Waals surface area contributed by atoms with Gasteiger partial charge < -0.3 is 14.7 Å². The molecule has 2 aliphatic rings. The van der Waals surface area contributed by atoms with Crippen LogP contribution in [-0.4, -0.2) is 41.4 Å². The zero-order valence-electron chi connectivity index (χ0n) is 10.7. The van der Waals surface area contributed by atoms with Gasteiger partial charge in [-0.05, 0) is 29.7 Å². The van der Waals surface area contributed by atoms with E-state index in [1.807, 2.05) is 17.0 Å². The Hall–Kier alpha value is -1.20. The Morgan fingerprint density at radius 2 is 2.37 bits per heavy atom. The number of amides is 1. The first-order valence-corrected chi connectivity index (χ1v) is 7.62. The van der Waals surface area contributed by atoms with Crippen LogP contribution in [0.25, 0.3) is 0 Å². The average molecular weight is 279 g/mol. The number of benzene rings is 1. The molecule has 1 fully saturated rings. The van der Waals surface area contributed by atoms with Crippen LogP contribution >= 0.6 is 11.8 Å². The maximum atomic E-state index is 11.9. The van der Waals surface area contributed by atoms with Crippen molar-refractivity contribution in [2.75, 3.05) is 25.5 Å². The normalized spacial score (nSPS) is 21.6. The second kappa shape index (κ2) is 5.43. The van der Waals surface area contributed by atoms with E-state index in [0.29, 0.717) is 18.7 Å². The standard InChI is InChI=1S/C14H17NO3S/c16-6-1-5-15-13(17)9-19-14(15)11-2-3-12-10(8-11)4-7-18-12/h2-3,8,14,16H,1,4-7,9H2. The van der Waals surface area contributed by atoms with E-state index in [4.69, 9.17) is 9.84 Å². The molecule has 102 valence electrons. The van der Waals surface area contributed by atoms with Gasteiger partial charge in [0.2, 0.25) is 5.91 Å². The van der Waals surface area contributed by atoms with Gasteiger partial charge in [0, 0.05) is 19.6 Å². The summed E-state index contributed by atoms with van der Waals surface area (Å²) < 4.78 is 5.51. The van der Waals surface area contributed by atoms with Crippen molar-refractivity contribution in [2.45, 2.75) is 18.2 Å². The molecule has 1 N–H and O–H groups in total. The quantitative estimate of drug-likeness (QED) is 0.909. The predicted octanol–water partition coefficient (Wildman–Crippen LogP) is 1.58. The molecule has 1 unspecified atom stereocenters. The maximum Gasteiger partial charge on any atom is 0.233 e. The molecule has 0 aromatic heterocycles. The van der Waals surface area contributed by atoms with Crippen molar-refractivity contribution >= 4 is 17.7 Å². The number of aliphatic hydroxyl groups excluding tert-OH is 1. The van der Waals surface area contributed by atoms with Gasteiger partial charge in [-0.15, -0.1) is 11.8 Å². The Bertz CT molecular complexity index is 492. The number of carbonyl (C=O) groups is 1. The molecule has 0 aliphatic carbocycles. The van der Waals surface area contributed by atoms with Crippen LogP contribution in [0.15, 0.2) is 18.2 Å². The molecule has 19 heavy (non-hydrogen) atoms. The molecular weight excluding hydrogens is 262 g/mol. The van der Waals surface area contributed by atoms with Gasteiger partial charge in [-0.2, -0.15) is 0 Å². The summed E-state index contributed by atoms with van der Waals surface area (Å²) in [5, 5.41) is 9.02. The fraction of sp³-hybridized carbons (Fsp3) is 0.500. The summed E-state index contributed by atoms with van der Waals surface area (Å²) in [5.41, 5.74) is 2.40. The SMILES string of the molecule is O=C1CSC(c2ccc3c(c2)CCO3)N1CCCO. The Morgan fingerprint density at radius 1 is 1.47 bits per heavy atom. The zero-order valence-corrected chi connectivity index (χ0v) is 11.5. The molecule has 0 radical (unpaired) electrons. The van der Waals surface area contributed by atoms with Gasteiger partial charge in [0.15, 0.2) is 0 Å². The summed E-state index contributed by atoms with van der Waals surface area (Å²) in [5.74, 6) is 1.67. The van der Waals surface area contributed by atoms with Crippen molar-refractivity contribution in [3.8, 4) is 5.75 Å². The summed E-state index contributed by atoms with van der Waals surface area (Å²) in [6, 6.07) is 6.21. The molecule has 2 aliphatic heterocycles. The van der Waals surface area contributed by atoms with Crippen LogP contribution in [0, 0.1) is 0 Å². The van der Waals surface area contributed by atoms with Gasteiger partial charge in [0.25, 0.3) is 0 Å². The van der Waals surface area contributed by atoms with Gasteiger partial charge >= 0.3 is 0 Å². The van der Waals surface area contributed by atoms with Crippen LogP contribution in [0.4, 0.5) is 0 Å². The summed E-state index contributed by atoms with van der Waals surface area (Å²) in [6.45, 7) is 1.50. The largest absolute Gasteiger partial charge is 0.493 e. The molecule has 1 aromatic carbocycles. The van der Waals surface area contributed by atoms with Crippen molar-refractivity contribution < 1.29 is 14.6 Å². The molecule has 3 rings (SSSR count). The molecule has 0 spiro atoms. The van der Waals surface area contributed by atoms with E-state index in [0.717, 1.165) is 24.3 Å². The Labute approximate surface area is 116 Å². The summed E-state index contributed by atoms with van der Waals surface area (Å²) >= 11 is 1.66. The fourth-order valence-electron chi connectivity index (χ4n) is 2.57. The van der Waals surface area contributed by atoms with Crippen LogP contribution in [-0.2, 0) is 11.2 Å². The molecule has 1 aromatic rings. The van der Waals surface area contributed by atoms with Gasteiger partial charge in [-0.25, -0.2) is 0 Å². The number of thioether (sulfide) groups is 1. The van der Waals surface area contributed by atoms with E-state index in [2.05, 4.69) is 6.07 Å². The summed E-state index contributed by atoms with van der Waals surface area (Å²) in [7, 11) is 0. The first-order valence-electron chi connectivity index (χ1n) is 6.57. The van der Waals surface area contributed by atoms with E-state index in [-0.39, 0.29) is 17.9 Å². The van der Waals surface area contributed by atoms with E-state index in [1.54, 1.807) is 11.8 Å². The van der Waals surface area contributed by atoms with Crippen molar-refractivity contribution in [1.29, 1.82) is 0 Å². The number of rotatable bonds is 4. The van der Waals surface area contributed by atoms with Crippen LogP contribution in [0.5, 0.6) is 5.75 Å². The lowest BCUT2D eigenvalue weighted by Gasteiger charge is -2.24. The third kappa shape index (κ3) is 2.44. The van der Waals surface area contributed by atoms with Gasteiger partial charge in [-0.1, -0.05) is 6.07 Å². The Morgan fingerprint density at radius 3 is 3.21 bits per heavy atom. The number of fused-ring (bicyclic) bond motifs is 1. The summed E-state index contributed by atoms with van der Waals surface area (Å²) in [4.78, 5) is 13.8. The molecule has 5 heteroatoms. The minimum absolute atomic E-state index is 0.0879. The number of nitrogens with zero attached hydrogens (tertiary/aromatic N) is 1. The lowest BCUT2D eigenvalue weighted by molar-refractivity contribution is -0.128. The van der Waals surface area contributed by atoms with Crippen molar-refractivity contribution in [1.82, 2.24) is 4.90 Å². The lowest BCUT2D eigenvalue weighted by Crippen LogP contribution is -2.29. The summed E-state index contributed by atoms with van der Waals surface area (Å²) in [6.07, 6.45) is 1.59. The minimum atomic E-state index is 0.0879. The third-order valence-corrected chi connectivity index (χ3v) is 4.78. The molecule has 1 amide bonds. The number of aliphatic hydroxyl groups is 1. The molecular formula is C14H17NO3S. The maximum absolute atomic E-state index is 11.9. The van der Waals surface area contributed by atoms with Gasteiger partial charge in [-0.3, -0.25) is 4.79 Å². The van der Waals surface area contributed by atoms with Crippen molar-refractivity contribution in [2.24, 2.45) is 0 Å². The molecule has 1 atom stereocenters. The molecule has 4 nitrogen and oxygen atoms in total. The highest BCUT2D eigenvalue weighted by Gasteiger charge is 2.32. The van der Waals surface area contributed by atoms with Crippen LogP contribution in [0.3, 0.4) is 0 Å².